The first-order valence-electron chi connectivity index (χ1n) is 19.2. The van der Waals surface area contributed by atoms with Gasteiger partial charge in [-0.1, -0.05) is 38.0 Å². The van der Waals surface area contributed by atoms with E-state index in [0.29, 0.717) is 37.2 Å². The lowest BCUT2D eigenvalue weighted by Crippen LogP contribution is -2.54. The fourth-order valence-electron chi connectivity index (χ4n) is 7.51. The molecule has 4 N–H and O–H groups in total. The van der Waals surface area contributed by atoms with Crippen molar-refractivity contribution in [3.63, 3.8) is 0 Å². The molecule has 4 heterocycles. The van der Waals surface area contributed by atoms with Gasteiger partial charge in [-0.25, -0.2) is 19.6 Å². The Morgan fingerprint density at radius 1 is 0.814 bits per heavy atom. The molecule has 314 valence electrons. The quantitative estimate of drug-likeness (QED) is 0.143. The minimum atomic E-state index is -4.83. The number of hydrogen-bond acceptors (Lipinski definition) is 9. The fraction of sp³-hybridized carbons (Fsp3) is 0.463. The van der Waals surface area contributed by atoms with E-state index in [1.807, 2.05) is 38.1 Å². The van der Waals surface area contributed by atoms with E-state index in [2.05, 4.69) is 47.1 Å². The minimum Gasteiger partial charge on any atom is -0.453 e. The molecular weight excluding hydrogens is 773 g/mol. The topological polar surface area (TPSA) is 184 Å². The molecule has 18 heteroatoms. The number of halogens is 3. The van der Waals surface area contributed by atoms with Crippen LogP contribution in [0.3, 0.4) is 0 Å². The van der Waals surface area contributed by atoms with Crippen LogP contribution in [0.1, 0.15) is 87.1 Å². The van der Waals surface area contributed by atoms with Gasteiger partial charge in [0.05, 0.1) is 44.3 Å². The average molecular weight is 821 g/mol. The molecule has 0 bridgehead atoms. The second-order valence-electron chi connectivity index (χ2n) is 14.8. The molecule has 0 spiro atoms. The Labute approximate surface area is 338 Å². The Bertz CT molecular complexity index is 2260. The number of nitrogens with zero attached hydrogens (tertiary/aromatic N) is 4. The van der Waals surface area contributed by atoms with Gasteiger partial charge < -0.3 is 44.6 Å². The number of likely N-dealkylation sites (tertiary alicyclic amines) is 2. The summed E-state index contributed by atoms with van der Waals surface area (Å²) in [5, 5.41) is 6.76. The molecule has 2 aromatic carbocycles. The maximum absolute atomic E-state index is 14.3. The van der Waals surface area contributed by atoms with Crippen LogP contribution in [0.5, 0.6) is 0 Å². The number of hydrogen-bond donors (Lipinski definition) is 4. The summed E-state index contributed by atoms with van der Waals surface area (Å²) >= 11 is 0. The smallest absolute Gasteiger partial charge is 0.436 e. The first-order chi connectivity index (χ1) is 28.1. The number of fused-ring (bicyclic) bond motifs is 1. The minimum absolute atomic E-state index is 0.0649. The highest BCUT2D eigenvalue weighted by Crippen LogP contribution is 2.37. The van der Waals surface area contributed by atoms with E-state index in [4.69, 9.17) is 9.47 Å². The zero-order chi connectivity index (χ0) is 42.6. The van der Waals surface area contributed by atoms with Gasteiger partial charge in [-0.05, 0) is 73.4 Å². The Hall–Kier alpha value is -6.09. The molecule has 0 radical (unpaired) electrons. The van der Waals surface area contributed by atoms with E-state index in [1.165, 1.54) is 19.1 Å². The third-order valence-electron chi connectivity index (χ3n) is 10.7. The molecule has 4 amide bonds. The predicted molar refractivity (Wildman–Crippen MR) is 208 cm³/mol. The number of H-pyrrole nitrogens is 2. The lowest BCUT2D eigenvalue weighted by Gasteiger charge is -2.30. The van der Waals surface area contributed by atoms with Gasteiger partial charge in [-0.3, -0.25) is 9.59 Å². The van der Waals surface area contributed by atoms with Crippen molar-refractivity contribution >= 4 is 34.8 Å². The normalized spacial score (nSPS) is 18.3. The monoisotopic (exact) mass is 820 g/mol. The molecule has 0 aliphatic carbocycles. The van der Waals surface area contributed by atoms with Gasteiger partial charge in [0.25, 0.3) is 0 Å². The van der Waals surface area contributed by atoms with Gasteiger partial charge >= 0.3 is 18.4 Å². The molecule has 2 fully saturated rings. The standard InChI is InChI=1S/C41H47F3N8O7/c1-22(2)32(48-39(55)58-5)37(53)51-17-7-9-30(51)35-45-21-29(47-35)27-15-14-25-19-24(11-13-26(25)20-27)12-16-28-34(41(42,43)44)50-36(46-28)31-10-8-18-52(31)38(54)33(23(3)57-4)49-40(56)59-6/h11,13-15,19-23,30-33H,7-10,17-18H2,1-6H3,(H,45,47)(H,46,50)(H,48,55)(H,49,56). The van der Waals surface area contributed by atoms with Crippen LogP contribution in [-0.2, 0) is 30.0 Å². The summed E-state index contributed by atoms with van der Waals surface area (Å²) in [7, 11) is 3.78. The molecule has 59 heavy (non-hydrogen) atoms. The Morgan fingerprint density at radius 3 is 2.02 bits per heavy atom. The van der Waals surface area contributed by atoms with Gasteiger partial charge in [0.1, 0.15) is 29.4 Å². The maximum atomic E-state index is 14.3. The second kappa shape index (κ2) is 17.8. The van der Waals surface area contributed by atoms with Crippen molar-refractivity contribution in [2.24, 2.45) is 5.92 Å². The Morgan fingerprint density at radius 2 is 1.41 bits per heavy atom. The van der Waals surface area contributed by atoms with Gasteiger partial charge in [0.2, 0.25) is 11.8 Å². The zero-order valence-corrected chi connectivity index (χ0v) is 33.5. The first kappa shape index (κ1) is 42.5. The van der Waals surface area contributed by atoms with Crippen LogP contribution in [-0.4, -0.2) is 106 Å². The number of nitrogens with one attached hydrogen (secondary N) is 4. The number of alkyl carbamates (subject to hydrolysis) is 2. The summed E-state index contributed by atoms with van der Waals surface area (Å²) in [5.74, 6) is 5.11. The van der Waals surface area contributed by atoms with Crippen LogP contribution in [0.25, 0.3) is 22.0 Å². The molecule has 2 aromatic heterocycles. The van der Waals surface area contributed by atoms with Crippen LogP contribution in [0.4, 0.5) is 22.8 Å². The zero-order valence-electron chi connectivity index (χ0n) is 33.5. The predicted octanol–water partition coefficient (Wildman–Crippen LogP) is 5.84. The summed E-state index contributed by atoms with van der Waals surface area (Å²) in [6.45, 7) is 6.06. The van der Waals surface area contributed by atoms with Crippen molar-refractivity contribution in [3.05, 3.63) is 71.2 Å². The van der Waals surface area contributed by atoms with Crippen LogP contribution < -0.4 is 10.6 Å². The van der Waals surface area contributed by atoms with Crippen molar-refractivity contribution in [1.82, 2.24) is 40.4 Å². The molecule has 6 rings (SSSR count). The summed E-state index contributed by atoms with van der Waals surface area (Å²) in [5.41, 5.74) is 0.406. The second-order valence-corrected chi connectivity index (χ2v) is 14.8. The highest BCUT2D eigenvalue weighted by Gasteiger charge is 2.42. The van der Waals surface area contributed by atoms with E-state index < -0.39 is 59.9 Å². The van der Waals surface area contributed by atoms with Gasteiger partial charge in [-0.2, -0.15) is 13.2 Å². The van der Waals surface area contributed by atoms with Crippen molar-refractivity contribution in [3.8, 4) is 23.1 Å². The number of ether oxygens (including phenoxy) is 3. The first-order valence-corrected chi connectivity index (χ1v) is 19.2. The number of imidazole rings is 2. The van der Waals surface area contributed by atoms with Gasteiger partial charge in [0.15, 0.2) is 5.69 Å². The van der Waals surface area contributed by atoms with Crippen LogP contribution in [0.2, 0.25) is 0 Å². The molecule has 0 saturated carbocycles. The number of carbonyl (C=O) groups is 4. The third kappa shape index (κ3) is 9.30. The Balaban J connectivity index is 1.20. The number of methoxy groups -OCH3 is 3. The number of rotatable bonds is 10. The lowest BCUT2D eigenvalue weighted by atomic mass is 10.0. The number of alkyl halides is 3. The Kier molecular flexibility index (Phi) is 12.8. The molecule has 2 aliphatic rings. The van der Waals surface area contributed by atoms with Crippen molar-refractivity contribution < 1.29 is 46.6 Å². The highest BCUT2D eigenvalue weighted by molar-refractivity contribution is 5.89. The number of amides is 4. The molecule has 5 atom stereocenters. The van der Waals surface area contributed by atoms with E-state index >= 15 is 0 Å². The third-order valence-corrected chi connectivity index (χ3v) is 10.7. The molecule has 15 nitrogen and oxygen atoms in total. The number of carbonyl (C=O) groups excluding carboxylic acids is 4. The summed E-state index contributed by atoms with van der Waals surface area (Å²) < 4.78 is 57.5. The maximum Gasteiger partial charge on any atom is 0.436 e. The van der Waals surface area contributed by atoms with Crippen molar-refractivity contribution in [2.45, 2.75) is 82.9 Å². The van der Waals surface area contributed by atoms with Crippen LogP contribution in [0.15, 0.2) is 42.6 Å². The highest BCUT2D eigenvalue weighted by atomic mass is 19.4. The van der Waals surface area contributed by atoms with Crippen LogP contribution >= 0.6 is 0 Å². The van der Waals surface area contributed by atoms with Crippen molar-refractivity contribution in [2.75, 3.05) is 34.4 Å². The summed E-state index contributed by atoms with van der Waals surface area (Å²) in [4.78, 5) is 68.8. The van der Waals surface area contributed by atoms with Gasteiger partial charge in [0, 0.05) is 31.3 Å². The van der Waals surface area contributed by atoms with E-state index in [-0.39, 0.29) is 30.2 Å². The SMILES string of the molecule is COC(=O)NC(C(=O)N1CCCC1c1ncc(-c2ccc3cc(C#Cc4[nH]c(C5CCCN5C(=O)C(NC(=O)OC)C(C)OC)nc4C(F)(F)F)ccc3c2)[nH]1)C(C)C. The summed E-state index contributed by atoms with van der Waals surface area (Å²) in [6, 6.07) is 8.00. The molecule has 2 saturated heterocycles. The number of benzene rings is 2. The number of aromatic amines is 2. The van der Waals surface area contributed by atoms with E-state index in [1.54, 1.807) is 30.2 Å². The van der Waals surface area contributed by atoms with E-state index in [9.17, 15) is 32.3 Å². The largest absolute Gasteiger partial charge is 0.453 e. The molecule has 2 aliphatic heterocycles. The van der Waals surface area contributed by atoms with Gasteiger partial charge in [-0.15, -0.1) is 0 Å². The van der Waals surface area contributed by atoms with E-state index in [0.717, 1.165) is 35.6 Å². The summed E-state index contributed by atoms with van der Waals surface area (Å²) in [6.07, 6.45) is -3.07. The molecule has 5 unspecified atom stereocenters. The fourth-order valence-corrected chi connectivity index (χ4v) is 7.51. The lowest BCUT2D eigenvalue weighted by molar-refractivity contribution is -0.141. The molecule has 4 aromatic rings. The number of aromatic nitrogens is 4. The van der Waals surface area contributed by atoms with Crippen molar-refractivity contribution in [1.29, 1.82) is 0 Å². The average Bonchev–Trinajstić information content (AvgIpc) is 4.06. The molecular formula is C41H47F3N8O7. The van der Waals surface area contributed by atoms with Crippen LogP contribution in [0, 0.1) is 17.8 Å².